The number of halogens is 3. The number of hydrogen-bond acceptors (Lipinski definition) is 4. The predicted molar refractivity (Wildman–Crippen MR) is 96.5 cm³/mol. The molecule has 1 rings (SSSR count). The van der Waals surface area contributed by atoms with Crippen molar-refractivity contribution in [2.45, 2.75) is 0 Å². The van der Waals surface area contributed by atoms with Crippen LogP contribution in [0.15, 0.2) is 0 Å². The van der Waals surface area contributed by atoms with Crippen LogP contribution >= 0.6 is 67.8 Å². The molecule has 0 unspecified atom stereocenters. The van der Waals surface area contributed by atoms with Crippen molar-refractivity contribution in [3.8, 4) is 0 Å². The first-order valence-electron chi connectivity index (χ1n) is 4.79. The Balaban J connectivity index is 3.39. The number of nitrogens with one attached hydrogen (secondary N) is 1. The number of ether oxygens (including phenoxy) is 1. The maximum absolute atomic E-state index is 11.6. The lowest BCUT2D eigenvalue weighted by Crippen LogP contribution is -2.21. The highest BCUT2D eigenvalue weighted by Crippen LogP contribution is 2.37. The van der Waals surface area contributed by atoms with Gasteiger partial charge < -0.3 is 20.9 Å². The number of hydrogen-bond donors (Lipinski definition) is 3. The molecule has 0 saturated heterocycles. The lowest BCUT2D eigenvalue weighted by molar-refractivity contribution is -0.119. The molecule has 0 spiro atoms. The van der Waals surface area contributed by atoms with Crippen LogP contribution in [0.1, 0.15) is 10.4 Å². The molecule has 0 aromatic heterocycles. The average molecular weight is 602 g/mol. The number of carboxylic acid groups (broad SMARTS) is 1. The Morgan fingerprint density at radius 1 is 1.26 bits per heavy atom. The summed E-state index contributed by atoms with van der Waals surface area (Å²) in [5.41, 5.74) is 6.71. The Bertz CT molecular complexity index is 548. The maximum Gasteiger partial charge on any atom is 0.338 e. The van der Waals surface area contributed by atoms with E-state index in [0.29, 0.717) is 22.1 Å². The monoisotopic (exact) mass is 602 g/mol. The smallest absolute Gasteiger partial charge is 0.338 e. The topological polar surface area (TPSA) is 102 Å². The van der Waals surface area contributed by atoms with E-state index in [0.717, 1.165) is 0 Å². The summed E-state index contributed by atoms with van der Waals surface area (Å²) < 4.78 is 6.24. The van der Waals surface area contributed by atoms with E-state index in [-0.39, 0.29) is 18.1 Å². The zero-order chi connectivity index (χ0) is 14.7. The van der Waals surface area contributed by atoms with E-state index in [9.17, 15) is 14.7 Å². The molecule has 19 heavy (non-hydrogen) atoms. The van der Waals surface area contributed by atoms with E-state index in [4.69, 9.17) is 10.5 Å². The van der Waals surface area contributed by atoms with Crippen LogP contribution in [0.4, 0.5) is 11.4 Å². The number of nitrogen functional groups attached to an aromatic ring is 1. The van der Waals surface area contributed by atoms with Gasteiger partial charge in [-0.1, -0.05) is 0 Å². The van der Waals surface area contributed by atoms with Gasteiger partial charge in [-0.2, -0.15) is 0 Å². The summed E-state index contributed by atoms with van der Waals surface area (Å²) in [6.45, 7) is -0.111. The molecule has 4 N–H and O–H groups in total. The minimum atomic E-state index is -1.08. The van der Waals surface area contributed by atoms with Crippen LogP contribution in [0, 0.1) is 10.7 Å². The number of nitrogens with two attached hydrogens (primary N) is 1. The van der Waals surface area contributed by atoms with Crippen molar-refractivity contribution in [1.82, 2.24) is 0 Å². The first-order chi connectivity index (χ1) is 8.81. The fourth-order valence-corrected chi connectivity index (χ4v) is 5.18. The number of aromatic carboxylic acids is 1. The molecule has 0 fully saturated rings. The summed E-state index contributed by atoms with van der Waals surface area (Å²) in [7, 11) is 1.40. The number of amides is 1. The van der Waals surface area contributed by atoms with Gasteiger partial charge in [0.1, 0.15) is 6.61 Å². The van der Waals surface area contributed by atoms with E-state index >= 15 is 0 Å². The second-order valence-corrected chi connectivity index (χ2v) is 6.63. The molecule has 9 heteroatoms. The van der Waals surface area contributed by atoms with Gasteiger partial charge in [0.25, 0.3) is 0 Å². The van der Waals surface area contributed by atoms with Gasteiger partial charge in [-0.15, -0.1) is 0 Å². The van der Waals surface area contributed by atoms with Crippen LogP contribution in [0.3, 0.4) is 0 Å². The van der Waals surface area contributed by atoms with Gasteiger partial charge in [-0.3, -0.25) is 4.79 Å². The summed E-state index contributed by atoms with van der Waals surface area (Å²) in [6.07, 6.45) is 0. The Morgan fingerprint density at radius 2 is 1.84 bits per heavy atom. The third-order valence-electron chi connectivity index (χ3n) is 2.10. The molecule has 6 nitrogen and oxygen atoms in total. The predicted octanol–water partition coefficient (Wildman–Crippen LogP) is 2.37. The van der Waals surface area contributed by atoms with Crippen molar-refractivity contribution < 1.29 is 19.4 Å². The lowest BCUT2D eigenvalue weighted by atomic mass is 10.1. The number of anilines is 2. The SMILES string of the molecule is COCC(=O)Nc1c(I)c(N)c(I)c(C(=O)O)c1I. The fraction of sp³-hybridized carbons (Fsp3) is 0.200. The Hall–Kier alpha value is 0.110. The molecule has 1 aromatic rings. The Morgan fingerprint density at radius 3 is 2.32 bits per heavy atom. The summed E-state index contributed by atoms with van der Waals surface area (Å²) in [4.78, 5) is 22.8. The van der Waals surface area contributed by atoms with E-state index < -0.39 is 5.97 Å². The van der Waals surface area contributed by atoms with Gasteiger partial charge in [0, 0.05) is 7.11 Å². The molecule has 0 heterocycles. The number of carbonyl (C=O) groups excluding carboxylic acids is 1. The van der Waals surface area contributed by atoms with Crippen molar-refractivity contribution in [2.75, 3.05) is 24.8 Å². The molecule has 0 bridgehead atoms. The molecule has 0 aliphatic carbocycles. The third kappa shape index (κ3) is 3.81. The van der Waals surface area contributed by atoms with E-state index in [1.165, 1.54) is 7.11 Å². The van der Waals surface area contributed by atoms with Gasteiger partial charge >= 0.3 is 5.97 Å². The van der Waals surface area contributed by atoms with Crippen LogP contribution in [-0.4, -0.2) is 30.7 Å². The molecule has 1 amide bonds. The minimum Gasteiger partial charge on any atom is -0.478 e. The summed E-state index contributed by atoms with van der Waals surface area (Å²) in [5.74, 6) is -1.45. The standard InChI is InChI=1S/C10H9I3N2O4/c1-19-2-3(16)15-9-6(12)4(10(17)18)5(11)8(14)7(9)13/h2,14H2,1H3,(H,15,16)(H,17,18). The number of methoxy groups -OCH3 is 1. The molecule has 0 aliphatic heterocycles. The zero-order valence-electron chi connectivity index (χ0n) is 9.59. The molecule has 0 aliphatic rings. The van der Waals surface area contributed by atoms with Crippen LogP contribution in [0.5, 0.6) is 0 Å². The highest BCUT2D eigenvalue weighted by Gasteiger charge is 2.23. The van der Waals surface area contributed by atoms with Crippen molar-refractivity contribution in [2.24, 2.45) is 0 Å². The average Bonchev–Trinajstić information content (AvgIpc) is 2.32. The highest BCUT2D eigenvalue weighted by atomic mass is 127. The van der Waals surface area contributed by atoms with Crippen molar-refractivity contribution in [3.63, 3.8) is 0 Å². The summed E-state index contributed by atoms with van der Waals surface area (Å²) in [6, 6.07) is 0. The second-order valence-electron chi connectivity index (χ2n) is 3.39. The van der Waals surface area contributed by atoms with Crippen molar-refractivity contribution in [3.05, 3.63) is 16.3 Å². The highest BCUT2D eigenvalue weighted by molar-refractivity contribution is 14.1. The van der Waals surface area contributed by atoms with Crippen LogP contribution in [0.25, 0.3) is 0 Å². The van der Waals surface area contributed by atoms with Crippen LogP contribution in [-0.2, 0) is 9.53 Å². The minimum absolute atomic E-state index is 0.0897. The molecule has 1 aromatic carbocycles. The normalized spacial score (nSPS) is 10.3. The molecular formula is C10H9I3N2O4. The first kappa shape index (κ1) is 17.2. The van der Waals surface area contributed by atoms with Crippen molar-refractivity contribution >= 4 is 91.0 Å². The van der Waals surface area contributed by atoms with Gasteiger partial charge in [0.15, 0.2) is 0 Å². The lowest BCUT2D eigenvalue weighted by Gasteiger charge is -2.15. The molecule has 0 saturated carbocycles. The molecule has 104 valence electrons. The van der Waals surface area contributed by atoms with E-state index in [1.54, 1.807) is 0 Å². The van der Waals surface area contributed by atoms with Gasteiger partial charge in [0.05, 0.1) is 27.6 Å². The number of benzene rings is 1. The summed E-state index contributed by atoms with van der Waals surface area (Å²) >= 11 is 5.74. The van der Waals surface area contributed by atoms with Crippen molar-refractivity contribution in [1.29, 1.82) is 0 Å². The molecule has 0 radical (unpaired) electrons. The fourth-order valence-electron chi connectivity index (χ4n) is 1.29. The van der Waals surface area contributed by atoms with Crippen LogP contribution < -0.4 is 11.1 Å². The number of rotatable bonds is 4. The summed E-state index contributed by atoms with van der Waals surface area (Å²) in [5, 5.41) is 11.8. The van der Waals surface area contributed by atoms with Gasteiger partial charge in [0.2, 0.25) is 5.91 Å². The Labute approximate surface area is 150 Å². The number of carbonyl (C=O) groups is 2. The molecular weight excluding hydrogens is 593 g/mol. The second kappa shape index (κ2) is 7.21. The number of carboxylic acids is 1. The van der Waals surface area contributed by atoms with Crippen LogP contribution in [0.2, 0.25) is 0 Å². The quantitative estimate of drug-likeness (QED) is 0.364. The third-order valence-corrected chi connectivity index (χ3v) is 5.42. The van der Waals surface area contributed by atoms with Gasteiger partial charge in [-0.05, 0) is 67.8 Å². The van der Waals surface area contributed by atoms with E-state index in [2.05, 4.69) is 5.32 Å². The zero-order valence-corrected chi connectivity index (χ0v) is 16.1. The Kier molecular flexibility index (Phi) is 6.52. The molecule has 0 atom stereocenters. The van der Waals surface area contributed by atoms with E-state index in [1.807, 2.05) is 67.8 Å². The largest absolute Gasteiger partial charge is 0.478 e. The van der Waals surface area contributed by atoms with Gasteiger partial charge in [-0.25, -0.2) is 4.79 Å². The first-order valence-corrected chi connectivity index (χ1v) is 8.02. The maximum atomic E-state index is 11.6.